The van der Waals surface area contributed by atoms with Gasteiger partial charge in [-0.25, -0.2) is 9.69 Å². The number of aromatic amines is 1. The average molecular weight is 473 g/mol. The molecule has 1 saturated heterocycles. The van der Waals surface area contributed by atoms with E-state index in [0.717, 1.165) is 21.8 Å². The van der Waals surface area contributed by atoms with E-state index >= 15 is 0 Å². The van der Waals surface area contributed by atoms with Gasteiger partial charge in [0.05, 0.1) is 12.1 Å². The first-order valence-corrected chi connectivity index (χ1v) is 10.4. The van der Waals surface area contributed by atoms with Gasteiger partial charge in [0.1, 0.15) is 12.4 Å². The van der Waals surface area contributed by atoms with E-state index in [9.17, 15) is 9.59 Å². The number of benzene rings is 1. The summed E-state index contributed by atoms with van der Waals surface area (Å²) in [6.07, 6.45) is 0.250. The molecule has 1 aliphatic heterocycles. The molecule has 1 amide bonds. The Labute approximate surface area is 181 Å². The van der Waals surface area contributed by atoms with Crippen LogP contribution < -0.4 is 15.8 Å². The fourth-order valence-corrected chi connectivity index (χ4v) is 3.81. The number of hydrogen-bond donors (Lipinski definition) is 2. The van der Waals surface area contributed by atoms with Gasteiger partial charge in [0, 0.05) is 15.6 Å². The van der Waals surface area contributed by atoms with Gasteiger partial charge in [0.2, 0.25) is 11.9 Å². The van der Waals surface area contributed by atoms with Crippen LogP contribution in [0.1, 0.15) is 37.7 Å². The van der Waals surface area contributed by atoms with Crippen molar-refractivity contribution >= 4 is 44.8 Å². The number of H-pyrrole nitrogens is 1. The predicted octanol–water partition coefficient (Wildman–Crippen LogP) is 3.69. The fraction of sp³-hybridized carbons (Fsp3) is 0.350. The maximum atomic E-state index is 12.6. The molecule has 3 heterocycles. The minimum atomic E-state index is -0.469. The first-order valence-electron chi connectivity index (χ1n) is 9.63. The molecule has 0 aliphatic carbocycles. The van der Waals surface area contributed by atoms with Crippen molar-refractivity contribution < 1.29 is 9.53 Å². The Morgan fingerprint density at radius 2 is 2.10 bits per heavy atom. The minimum Gasteiger partial charge on any atom is -0.447 e. The van der Waals surface area contributed by atoms with Gasteiger partial charge in [-0.1, -0.05) is 22.9 Å². The molecular weight excluding hydrogens is 452 g/mol. The third kappa shape index (κ3) is 3.87. The largest absolute Gasteiger partial charge is 0.447 e. The lowest BCUT2D eigenvalue weighted by molar-refractivity contribution is 0.178. The molecule has 3 aromatic rings. The highest BCUT2D eigenvalue weighted by molar-refractivity contribution is 9.10. The molecule has 1 aliphatic rings. The van der Waals surface area contributed by atoms with Crippen LogP contribution in [0.25, 0.3) is 10.9 Å². The Balaban J connectivity index is 1.65. The molecule has 9 nitrogen and oxygen atoms in total. The van der Waals surface area contributed by atoms with Gasteiger partial charge in [-0.3, -0.25) is 4.79 Å². The van der Waals surface area contributed by atoms with E-state index in [2.05, 4.69) is 41.2 Å². The molecule has 156 valence electrons. The molecule has 30 heavy (non-hydrogen) atoms. The van der Waals surface area contributed by atoms with Gasteiger partial charge in [-0.05, 0) is 49.9 Å². The number of anilines is 2. The molecule has 10 heteroatoms. The van der Waals surface area contributed by atoms with Gasteiger partial charge >= 0.3 is 6.09 Å². The molecule has 2 aromatic heterocycles. The molecule has 0 bridgehead atoms. The van der Waals surface area contributed by atoms with Crippen molar-refractivity contribution in [3.63, 3.8) is 0 Å². The van der Waals surface area contributed by atoms with Gasteiger partial charge in [0.15, 0.2) is 0 Å². The lowest BCUT2D eigenvalue weighted by atomic mass is 10.1. The van der Waals surface area contributed by atoms with Crippen LogP contribution in [0.5, 0.6) is 0 Å². The highest BCUT2D eigenvalue weighted by Gasteiger charge is 2.35. The van der Waals surface area contributed by atoms with Crippen LogP contribution in [-0.2, 0) is 4.74 Å². The van der Waals surface area contributed by atoms with Crippen LogP contribution in [0.3, 0.4) is 0 Å². The normalized spacial score (nSPS) is 17.3. The number of aryl methyl sites for hydroxylation is 1. The van der Waals surface area contributed by atoms with Crippen LogP contribution in [0, 0.1) is 6.92 Å². The van der Waals surface area contributed by atoms with E-state index in [-0.39, 0.29) is 29.5 Å². The molecule has 0 saturated carbocycles. The van der Waals surface area contributed by atoms with E-state index < -0.39 is 6.09 Å². The highest BCUT2D eigenvalue weighted by Crippen LogP contribution is 2.24. The van der Waals surface area contributed by atoms with E-state index in [4.69, 9.17) is 4.74 Å². The Morgan fingerprint density at radius 1 is 1.30 bits per heavy atom. The number of nitrogens with one attached hydrogen (secondary N) is 2. The zero-order chi connectivity index (χ0) is 21.4. The maximum Gasteiger partial charge on any atom is 0.417 e. The van der Waals surface area contributed by atoms with Crippen molar-refractivity contribution in [1.82, 2.24) is 19.9 Å². The van der Waals surface area contributed by atoms with Crippen molar-refractivity contribution in [3.8, 4) is 0 Å². The lowest BCUT2D eigenvalue weighted by Crippen LogP contribution is -2.35. The van der Waals surface area contributed by atoms with Crippen LogP contribution in [0.15, 0.2) is 33.5 Å². The van der Waals surface area contributed by atoms with Crippen LogP contribution in [0.2, 0.25) is 0 Å². The molecule has 2 atom stereocenters. The smallest absolute Gasteiger partial charge is 0.417 e. The molecule has 0 spiro atoms. The second-order valence-corrected chi connectivity index (χ2v) is 8.08. The van der Waals surface area contributed by atoms with Gasteiger partial charge in [-0.15, -0.1) is 0 Å². The standard InChI is InChI=1S/C20H21BrN6O3/c1-4-14-9-30-20(29)27(14)19-24-11(3)23-18(26-19)22-10(2)15-8-12-7-13(21)5-6-16(12)25-17(15)28/h5-8,10,14H,4,9H2,1-3H3,(H,25,28)(H,22,23,24,26)/t10?,14-/m0/s1. The summed E-state index contributed by atoms with van der Waals surface area (Å²) in [5, 5.41) is 4.07. The summed E-state index contributed by atoms with van der Waals surface area (Å²) in [6, 6.07) is 7.02. The molecule has 1 aromatic carbocycles. The maximum absolute atomic E-state index is 12.6. The topological polar surface area (TPSA) is 113 Å². The average Bonchev–Trinajstić information content (AvgIpc) is 3.07. The van der Waals surface area contributed by atoms with Crippen molar-refractivity contribution in [3.05, 3.63) is 50.5 Å². The minimum absolute atomic E-state index is 0.119. The first-order chi connectivity index (χ1) is 14.4. The zero-order valence-electron chi connectivity index (χ0n) is 16.8. The van der Waals surface area contributed by atoms with Crippen molar-refractivity contribution in [2.45, 2.75) is 39.3 Å². The predicted molar refractivity (Wildman–Crippen MR) is 117 cm³/mol. The summed E-state index contributed by atoms with van der Waals surface area (Å²) in [5.74, 6) is 0.983. The summed E-state index contributed by atoms with van der Waals surface area (Å²) in [5.41, 5.74) is 1.12. The van der Waals surface area contributed by atoms with Crippen molar-refractivity contribution in [1.29, 1.82) is 0 Å². The quantitative estimate of drug-likeness (QED) is 0.581. The number of pyridine rings is 1. The monoisotopic (exact) mass is 472 g/mol. The van der Waals surface area contributed by atoms with E-state index in [1.54, 1.807) is 6.92 Å². The van der Waals surface area contributed by atoms with E-state index in [0.29, 0.717) is 18.0 Å². The number of cyclic esters (lactones) is 1. The summed E-state index contributed by atoms with van der Waals surface area (Å²) in [6.45, 7) is 5.86. The van der Waals surface area contributed by atoms with Crippen LogP contribution in [-0.4, -0.2) is 38.7 Å². The molecule has 4 rings (SSSR count). The Morgan fingerprint density at radius 3 is 2.87 bits per heavy atom. The number of carbonyl (C=O) groups excluding carboxylic acids is 1. The Hall–Kier alpha value is -3.01. The van der Waals surface area contributed by atoms with E-state index in [1.807, 2.05) is 38.1 Å². The van der Waals surface area contributed by atoms with Crippen molar-refractivity contribution in [2.24, 2.45) is 0 Å². The number of fused-ring (bicyclic) bond motifs is 1. The number of ether oxygens (including phenoxy) is 1. The Bertz CT molecular complexity index is 1180. The van der Waals surface area contributed by atoms with Crippen LogP contribution in [0.4, 0.5) is 16.7 Å². The van der Waals surface area contributed by atoms with Gasteiger partial charge in [0.25, 0.3) is 5.56 Å². The van der Waals surface area contributed by atoms with Gasteiger partial charge in [-0.2, -0.15) is 15.0 Å². The number of hydrogen-bond acceptors (Lipinski definition) is 7. The zero-order valence-corrected chi connectivity index (χ0v) is 18.4. The Kier molecular flexibility index (Phi) is 5.42. The SMILES string of the molecule is CC[C@H]1COC(=O)N1c1nc(C)nc(NC(C)c2cc3cc(Br)ccc3[nH]c2=O)n1. The summed E-state index contributed by atoms with van der Waals surface area (Å²) < 4.78 is 6.06. The first kappa shape index (κ1) is 20.3. The molecule has 2 N–H and O–H groups in total. The molecule has 0 radical (unpaired) electrons. The molecule has 1 unspecified atom stereocenters. The lowest BCUT2D eigenvalue weighted by Gasteiger charge is -2.20. The number of aromatic nitrogens is 4. The molecular formula is C20H21BrN6O3. The van der Waals surface area contributed by atoms with E-state index in [1.165, 1.54) is 4.90 Å². The van der Waals surface area contributed by atoms with Crippen molar-refractivity contribution in [2.75, 3.05) is 16.8 Å². The fourth-order valence-electron chi connectivity index (χ4n) is 3.43. The number of nitrogens with zero attached hydrogens (tertiary/aromatic N) is 4. The van der Waals surface area contributed by atoms with Crippen LogP contribution >= 0.6 is 15.9 Å². The second kappa shape index (κ2) is 8.02. The number of halogens is 1. The highest BCUT2D eigenvalue weighted by atomic mass is 79.9. The summed E-state index contributed by atoms with van der Waals surface area (Å²) in [7, 11) is 0. The second-order valence-electron chi connectivity index (χ2n) is 7.17. The molecule has 1 fully saturated rings. The summed E-state index contributed by atoms with van der Waals surface area (Å²) in [4.78, 5) is 42.1. The third-order valence-electron chi connectivity index (χ3n) is 5.03. The summed E-state index contributed by atoms with van der Waals surface area (Å²) >= 11 is 3.45. The number of rotatable bonds is 5. The number of amides is 1. The van der Waals surface area contributed by atoms with Gasteiger partial charge < -0.3 is 15.0 Å². The number of carbonyl (C=O) groups is 1. The third-order valence-corrected chi connectivity index (χ3v) is 5.52.